The Morgan fingerprint density at radius 3 is 1.63 bits per heavy atom. The number of thioether (sulfide) groups is 1. The number of nitrogen functional groups attached to an aromatic ring is 1. The molecule has 434 valence electrons. The van der Waals surface area contributed by atoms with Crippen molar-refractivity contribution in [1.82, 2.24) is 19.9 Å². The number of nitrogens with two attached hydrogens (primary N) is 1. The van der Waals surface area contributed by atoms with Crippen molar-refractivity contribution in [2.24, 2.45) is 0 Å². The maximum absolute atomic E-state index is 14.9. The van der Waals surface area contributed by atoms with Gasteiger partial charge in [-0.3, -0.25) is 14.4 Å². The zero-order chi connectivity index (χ0) is 60.1. The van der Waals surface area contributed by atoms with Gasteiger partial charge in [-0.15, -0.1) is 0 Å². The minimum Gasteiger partial charge on any atom is -0.696 e. The number of ether oxygens (including phenoxy) is 5. The Bertz CT molecular complexity index is 3740. The molecule has 0 amide bonds. The average Bonchev–Trinajstić information content (AvgIpc) is 3.11. The number of fused-ring (bicyclic) bond motifs is 2. The zero-order valence-corrected chi connectivity index (χ0v) is 50.0. The van der Waals surface area contributed by atoms with Crippen LogP contribution in [0.15, 0.2) is 164 Å². The molecule has 2 heterocycles. The predicted molar refractivity (Wildman–Crippen MR) is 324 cm³/mol. The molecule has 0 unspecified atom stereocenters. The summed E-state index contributed by atoms with van der Waals surface area (Å²) < 4.78 is 55.8. The first-order valence-electron chi connectivity index (χ1n) is 24.6. The number of benzene rings is 7. The van der Waals surface area contributed by atoms with Gasteiger partial charge in [0.2, 0.25) is 16.2 Å². The van der Waals surface area contributed by atoms with Gasteiger partial charge in [0.25, 0.3) is 0 Å². The molecule has 9 aromatic rings. The van der Waals surface area contributed by atoms with Crippen LogP contribution < -0.4 is 34.7 Å². The zero-order valence-electron chi connectivity index (χ0n) is 45.3. The van der Waals surface area contributed by atoms with Crippen molar-refractivity contribution in [3.05, 3.63) is 198 Å². The number of anilines is 3. The summed E-state index contributed by atoms with van der Waals surface area (Å²) in [5.74, 6) is 1.75. The van der Waals surface area contributed by atoms with Gasteiger partial charge in [0, 0.05) is 71.9 Å². The number of Topliss-reactive ketones (excluding diaryl/α,β-unsaturated/α-hetero) is 1. The van der Waals surface area contributed by atoms with Gasteiger partial charge in [-0.1, -0.05) is 115 Å². The molecular weight excluding hydrogens is 1250 g/mol. The van der Waals surface area contributed by atoms with Crippen molar-refractivity contribution in [3.8, 4) is 45.4 Å². The Balaban J connectivity index is 0.000000263. The number of rotatable bonds is 18. The quantitative estimate of drug-likeness (QED) is 0.0203. The van der Waals surface area contributed by atoms with Crippen LogP contribution in [-0.2, 0) is 75.1 Å². The number of carbonyl (C=O) groups excluding carboxylic acids is 3. The third-order valence-corrected chi connectivity index (χ3v) is 12.2. The Kier molecular flexibility index (Phi) is 29.1. The van der Waals surface area contributed by atoms with E-state index < -0.39 is 11.6 Å². The van der Waals surface area contributed by atoms with Crippen molar-refractivity contribution in [2.45, 2.75) is 32.1 Å². The molecule has 0 radical (unpaired) electrons. The molecule has 7 aromatic carbocycles. The van der Waals surface area contributed by atoms with Gasteiger partial charge < -0.3 is 47.4 Å². The molecule has 9 rings (SSSR count). The number of nitrogens with zero attached hydrogens (tertiary/aromatic N) is 6. The minimum absolute atomic E-state index is 0. The first-order chi connectivity index (χ1) is 40.1. The van der Waals surface area contributed by atoms with Gasteiger partial charge >= 0.3 is 22.4 Å². The van der Waals surface area contributed by atoms with Crippen molar-refractivity contribution in [1.29, 1.82) is 10.5 Å². The van der Waals surface area contributed by atoms with Gasteiger partial charge in [0.05, 0.1) is 50.5 Å². The van der Waals surface area contributed by atoms with Crippen LogP contribution in [0.25, 0.3) is 21.8 Å². The molecule has 16 nitrogen and oxygen atoms in total. The smallest absolute Gasteiger partial charge is 0.696 e. The summed E-state index contributed by atoms with van der Waals surface area (Å²) in [5.41, 5.74) is 10.9. The van der Waals surface area contributed by atoms with Crippen molar-refractivity contribution >= 4 is 108 Å². The molecule has 0 aliphatic rings. The summed E-state index contributed by atoms with van der Waals surface area (Å²) >= 11 is 15.0. The molecule has 84 heavy (non-hydrogen) atoms. The van der Waals surface area contributed by atoms with Gasteiger partial charge in [0.15, 0.2) is 34.6 Å². The van der Waals surface area contributed by atoms with Crippen LogP contribution in [0.2, 0.25) is 0 Å². The molecule has 23 heteroatoms. The Labute approximate surface area is 519 Å². The van der Waals surface area contributed by atoms with Crippen LogP contribution >= 0.6 is 35.6 Å². The number of hydrogen-bond acceptors (Lipinski definition) is 19. The molecule has 0 aliphatic heterocycles. The fourth-order valence-electron chi connectivity index (χ4n) is 7.53. The first kappa shape index (κ1) is 67.9. The van der Waals surface area contributed by atoms with Gasteiger partial charge in [-0.2, -0.15) is 5.26 Å². The third-order valence-electron chi connectivity index (χ3n) is 11.3. The number of thiocyanates is 2. The summed E-state index contributed by atoms with van der Waals surface area (Å²) in [6.07, 6.45) is 4.20. The SMILES string of the molecule is COc1cc2ncnc(Nc3ccc(N)cc3F)c2cc1OC.COc1cc2ncnc(Oc3ccc(CC(=S)CC(=O)Cc4ccccc4)cc3F)c2cc1OC.N#CSC(=O)Cc1ccccc1.N#C[S-].O=C(Cl)Cc1ccccc1.[Ag+]. The van der Waals surface area contributed by atoms with Crippen LogP contribution in [0.1, 0.15) is 28.7 Å². The second-order valence-corrected chi connectivity index (χ2v) is 19.0. The minimum atomic E-state index is -0.562. The second-order valence-electron chi connectivity index (χ2n) is 17.0. The molecule has 0 aliphatic carbocycles. The van der Waals surface area contributed by atoms with Crippen molar-refractivity contribution < 1.29 is 69.2 Å². The molecule has 0 atom stereocenters. The number of carbonyl (C=O) groups is 3. The monoisotopic (exact) mass is 1300 g/mol. The van der Waals surface area contributed by atoms with E-state index in [9.17, 15) is 23.2 Å². The van der Waals surface area contributed by atoms with Gasteiger partial charge in [-0.25, -0.2) is 34.0 Å². The van der Waals surface area contributed by atoms with E-state index in [-0.39, 0.29) is 62.3 Å². The van der Waals surface area contributed by atoms with Crippen molar-refractivity contribution in [2.75, 3.05) is 39.5 Å². The van der Waals surface area contributed by atoms with Gasteiger partial charge in [-0.05, 0) is 76.3 Å². The predicted octanol–water partition coefficient (Wildman–Crippen LogP) is 12.8. The normalized spacial score (nSPS) is 9.82. The molecule has 3 N–H and O–H groups in total. The Hall–Kier alpha value is -8.64. The molecule has 2 aromatic heterocycles. The van der Waals surface area contributed by atoms with Gasteiger partial charge in [0.1, 0.15) is 35.5 Å². The van der Waals surface area contributed by atoms with E-state index in [0.717, 1.165) is 16.7 Å². The standard InChI is InChI=1S/C27H23FN2O4S.C16H15FN4O2.C9H7NOS.C8H7ClO.CHNS.Ag/c1-32-25-14-21-23(15-26(25)33-2)29-16-30-27(21)34-24-9-8-18(12-22(24)28)11-20(35)13-19(31)10-17-6-4-3-5-7-17;1-22-14-6-10-13(7-15(14)23-2)19-8-20-16(10)21-12-4-3-9(18)5-11(12)17;10-7-12-9(11)6-8-4-2-1-3-5-8;9-8(10)6-7-4-2-1-3-5-7;2-1-3;/h3-9,12,14-16H,10-11,13H2,1-2H3;3-8H,18H2,1-2H3,(H,19,20,21);1-5H,6H2;1-5H,6H2;3H;/q;;;;;+1/p-1. The maximum Gasteiger partial charge on any atom is 1.00 e. The van der Waals surface area contributed by atoms with Crippen LogP contribution in [0, 0.1) is 33.0 Å². The van der Waals surface area contributed by atoms with E-state index in [0.29, 0.717) is 104 Å². The van der Waals surface area contributed by atoms with E-state index in [1.807, 2.05) is 91.0 Å². The second kappa shape index (κ2) is 36.1. The molecule has 0 spiro atoms. The molecule has 0 bridgehead atoms. The van der Waals surface area contributed by atoms with E-state index >= 15 is 0 Å². The fraction of sp³-hybridized carbons (Fsp3) is 0.148. The Morgan fingerprint density at radius 1 is 0.619 bits per heavy atom. The number of nitriles is 2. The van der Waals surface area contributed by atoms with Crippen LogP contribution in [0.3, 0.4) is 0 Å². The van der Waals surface area contributed by atoms with E-state index in [1.54, 1.807) is 62.1 Å². The number of hydrogen-bond donors (Lipinski definition) is 2. The fourth-order valence-corrected chi connectivity index (χ4v) is 8.35. The number of aromatic nitrogens is 4. The summed E-state index contributed by atoms with van der Waals surface area (Å²) in [7, 11) is 6.14. The molecule has 0 saturated heterocycles. The summed E-state index contributed by atoms with van der Waals surface area (Å²) in [4.78, 5) is 51.0. The molecule has 0 saturated carbocycles. The maximum atomic E-state index is 14.9. The van der Waals surface area contributed by atoms with E-state index in [2.05, 4.69) is 37.9 Å². The summed E-state index contributed by atoms with van der Waals surface area (Å²) in [6, 6.07) is 44.2. The average molecular weight is 1300 g/mol. The number of ketones is 1. The summed E-state index contributed by atoms with van der Waals surface area (Å²) in [5, 5.41) is 22.2. The van der Waals surface area contributed by atoms with Crippen LogP contribution in [0.5, 0.6) is 34.6 Å². The summed E-state index contributed by atoms with van der Waals surface area (Å²) in [6.45, 7) is 0. The molecule has 0 fully saturated rings. The number of thiocarbonyl (C=S) groups is 1. The third kappa shape index (κ3) is 21.9. The Morgan fingerprint density at radius 2 is 1.12 bits per heavy atom. The molecular formula is C61H52AgClF2N8O8S3. The van der Waals surface area contributed by atoms with Crippen LogP contribution in [0.4, 0.5) is 26.0 Å². The number of nitrogens with one attached hydrogen (secondary N) is 1. The topological polar surface area (TPSA) is 235 Å². The number of methoxy groups -OCH3 is 4. The van der Waals surface area contributed by atoms with Crippen molar-refractivity contribution in [3.63, 3.8) is 0 Å². The first-order valence-corrected chi connectivity index (χ1v) is 26.6. The van der Waals surface area contributed by atoms with E-state index in [1.165, 1.54) is 50.5 Å². The van der Waals surface area contributed by atoms with E-state index in [4.69, 9.17) is 63.8 Å². The van der Waals surface area contributed by atoms with Crippen LogP contribution in [-0.4, -0.2) is 69.4 Å². The number of halogens is 3. The largest absolute Gasteiger partial charge is 1.00 e.